The Balaban J connectivity index is 1.66. The number of hydrogen-bond acceptors (Lipinski definition) is 3. The molecule has 0 aliphatic rings. The third kappa shape index (κ3) is 3.51. The lowest BCUT2D eigenvalue weighted by Crippen LogP contribution is -2.22. The Bertz CT molecular complexity index is 869. The van der Waals surface area contributed by atoms with E-state index < -0.39 is 0 Å². The maximum absolute atomic E-state index is 13.6. The molecular formula is C19H17FN2O2. The van der Waals surface area contributed by atoms with Crippen molar-refractivity contribution in [3.8, 4) is 11.3 Å². The van der Waals surface area contributed by atoms with Gasteiger partial charge in [0.05, 0.1) is 6.54 Å². The highest BCUT2D eigenvalue weighted by Gasteiger charge is 2.10. The number of aromatic nitrogens is 1. The van der Waals surface area contributed by atoms with Crippen molar-refractivity contribution in [2.45, 2.75) is 20.4 Å². The Morgan fingerprint density at radius 1 is 1.12 bits per heavy atom. The standard InChI is InChI=1S/C19H17FN2O2/c1-12-3-6-14(7-4-12)19(23)21-11-16-10-18(22-24-16)15-8-5-13(2)17(20)9-15/h3-10H,11H2,1-2H3,(H,21,23). The first kappa shape index (κ1) is 15.9. The number of nitrogens with one attached hydrogen (secondary N) is 1. The summed E-state index contributed by atoms with van der Waals surface area (Å²) >= 11 is 0. The summed E-state index contributed by atoms with van der Waals surface area (Å²) in [6.45, 7) is 3.88. The molecule has 0 bridgehead atoms. The number of amides is 1. The minimum absolute atomic E-state index is 0.186. The molecule has 0 fully saturated rings. The number of aryl methyl sites for hydroxylation is 2. The van der Waals surface area contributed by atoms with E-state index in [1.54, 1.807) is 37.3 Å². The molecule has 4 nitrogen and oxygen atoms in total. The van der Waals surface area contributed by atoms with E-state index in [9.17, 15) is 9.18 Å². The molecule has 0 radical (unpaired) electrons. The maximum atomic E-state index is 13.6. The molecule has 5 heteroatoms. The van der Waals surface area contributed by atoms with E-state index >= 15 is 0 Å². The zero-order chi connectivity index (χ0) is 17.1. The third-order valence-corrected chi connectivity index (χ3v) is 3.76. The normalized spacial score (nSPS) is 10.6. The average Bonchev–Trinajstić information content (AvgIpc) is 3.05. The number of halogens is 1. The predicted octanol–water partition coefficient (Wildman–Crippen LogP) is 4.03. The highest BCUT2D eigenvalue weighted by Crippen LogP contribution is 2.21. The fourth-order valence-corrected chi connectivity index (χ4v) is 2.26. The first-order chi connectivity index (χ1) is 11.5. The van der Waals surface area contributed by atoms with Crippen LogP contribution < -0.4 is 5.32 Å². The summed E-state index contributed by atoms with van der Waals surface area (Å²) in [7, 11) is 0. The van der Waals surface area contributed by atoms with Gasteiger partial charge in [0.2, 0.25) is 0 Å². The minimum atomic E-state index is -0.287. The lowest BCUT2D eigenvalue weighted by atomic mass is 10.1. The van der Waals surface area contributed by atoms with Crippen molar-refractivity contribution in [1.29, 1.82) is 0 Å². The Morgan fingerprint density at radius 3 is 2.58 bits per heavy atom. The molecule has 0 saturated carbocycles. The highest BCUT2D eigenvalue weighted by molar-refractivity contribution is 5.94. The second kappa shape index (κ2) is 6.66. The predicted molar refractivity (Wildman–Crippen MR) is 89.0 cm³/mol. The summed E-state index contributed by atoms with van der Waals surface area (Å²) in [6, 6.07) is 13.9. The number of rotatable bonds is 4. The average molecular weight is 324 g/mol. The van der Waals surface area contributed by atoms with Gasteiger partial charge in [0.25, 0.3) is 5.91 Å². The third-order valence-electron chi connectivity index (χ3n) is 3.76. The maximum Gasteiger partial charge on any atom is 0.251 e. The summed E-state index contributed by atoms with van der Waals surface area (Å²) in [5.74, 6) is 0.0329. The Hall–Kier alpha value is -2.95. The zero-order valence-electron chi connectivity index (χ0n) is 13.5. The number of benzene rings is 2. The van der Waals surface area contributed by atoms with Gasteiger partial charge in [-0.15, -0.1) is 0 Å². The number of carbonyl (C=O) groups excluding carboxylic acids is 1. The second-order valence-corrected chi connectivity index (χ2v) is 5.69. The van der Waals surface area contributed by atoms with E-state index in [0.717, 1.165) is 5.56 Å². The van der Waals surface area contributed by atoms with E-state index in [2.05, 4.69) is 10.5 Å². The smallest absolute Gasteiger partial charge is 0.251 e. The molecular weight excluding hydrogens is 307 g/mol. The molecule has 0 atom stereocenters. The van der Waals surface area contributed by atoms with E-state index in [4.69, 9.17) is 4.52 Å². The summed E-state index contributed by atoms with van der Waals surface area (Å²) in [4.78, 5) is 12.1. The molecule has 122 valence electrons. The molecule has 1 N–H and O–H groups in total. The second-order valence-electron chi connectivity index (χ2n) is 5.69. The monoisotopic (exact) mass is 324 g/mol. The van der Waals surface area contributed by atoms with E-state index in [0.29, 0.717) is 28.1 Å². The van der Waals surface area contributed by atoms with Gasteiger partial charge in [-0.25, -0.2) is 4.39 Å². The summed E-state index contributed by atoms with van der Waals surface area (Å²) in [5, 5.41) is 6.70. The van der Waals surface area contributed by atoms with Crippen LogP contribution in [0.2, 0.25) is 0 Å². The molecule has 0 spiro atoms. The van der Waals surface area contributed by atoms with E-state index in [1.807, 2.05) is 19.1 Å². The van der Waals surface area contributed by atoms with Gasteiger partial charge in [0, 0.05) is 17.2 Å². The van der Waals surface area contributed by atoms with Crippen LogP contribution in [0, 0.1) is 19.7 Å². The van der Waals surface area contributed by atoms with Crippen LogP contribution in [0.5, 0.6) is 0 Å². The van der Waals surface area contributed by atoms with Crippen molar-refractivity contribution < 1.29 is 13.7 Å². The van der Waals surface area contributed by atoms with Crippen molar-refractivity contribution in [2.75, 3.05) is 0 Å². The van der Waals surface area contributed by atoms with Crippen LogP contribution in [-0.4, -0.2) is 11.1 Å². The first-order valence-corrected chi connectivity index (χ1v) is 7.60. The van der Waals surface area contributed by atoms with E-state index in [1.165, 1.54) is 6.07 Å². The number of nitrogens with zero attached hydrogens (tertiary/aromatic N) is 1. The van der Waals surface area contributed by atoms with Gasteiger partial charge in [-0.05, 0) is 37.6 Å². The van der Waals surface area contributed by atoms with Gasteiger partial charge in [0.1, 0.15) is 11.5 Å². The van der Waals surface area contributed by atoms with Crippen molar-refractivity contribution in [1.82, 2.24) is 10.5 Å². The van der Waals surface area contributed by atoms with Crippen molar-refractivity contribution in [3.05, 3.63) is 76.8 Å². The molecule has 1 aromatic heterocycles. The van der Waals surface area contributed by atoms with Crippen LogP contribution in [0.1, 0.15) is 27.2 Å². The quantitative estimate of drug-likeness (QED) is 0.788. The highest BCUT2D eigenvalue weighted by atomic mass is 19.1. The molecule has 2 aromatic carbocycles. The van der Waals surface area contributed by atoms with Crippen molar-refractivity contribution in [3.63, 3.8) is 0 Å². The van der Waals surface area contributed by atoms with Gasteiger partial charge in [-0.1, -0.05) is 35.0 Å². The minimum Gasteiger partial charge on any atom is -0.359 e. The van der Waals surface area contributed by atoms with E-state index in [-0.39, 0.29) is 18.3 Å². The SMILES string of the molecule is Cc1ccc(C(=O)NCc2cc(-c3ccc(C)c(F)c3)no2)cc1. The molecule has 1 heterocycles. The zero-order valence-corrected chi connectivity index (χ0v) is 13.5. The fraction of sp³-hybridized carbons (Fsp3) is 0.158. The lowest BCUT2D eigenvalue weighted by Gasteiger charge is -2.03. The molecule has 3 aromatic rings. The van der Waals surface area contributed by atoms with Crippen LogP contribution in [0.3, 0.4) is 0 Å². The van der Waals surface area contributed by atoms with Gasteiger partial charge in [0.15, 0.2) is 5.76 Å². The van der Waals surface area contributed by atoms with Crippen LogP contribution in [0.4, 0.5) is 4.39 Å². The number of hydrogen-bond donors (Lipinski definition) is 1. The van der Waals surface area contributed by atoms with Crippen molar-refractivity contribution in [2.24, 2.45) is 0 Å². The molecule has 1 amide bonds. The van der Waals surface area contributed by atoms with Crippen LogP contribution in [0.25, 0.3) is 11.3 Å². The number of carbonyl (C=O) groups is 1. The summed E-state index contributed by atoms with van der Waals surface area (Å²) < 4.78 is 18.8. The van der Waals surface area contributed by atoms with Gasteiger partial charge in [-0.3, -0.25) is 4.79 Å². The molecule has 0 unspecified atom stereocenters. The van der Waals surface area contributed by atoms with Crippen molar-refractivity contribution >= 4 is 5.91 Å². The summed E-state index contributed by atoms with van der Waals surface area (Å²) in [5.41, 5.74) is 3.43. The molecule has 0 aliphatic heterocycles. The Morgan fingerprint density at radius 2 is 1.88 bits per heavy atom. The molecule has 24 heavy (non-hydrogen) atoms. The Kier molecular flexibility index (Phi) is 4.42. The van der Waals surface area contributed by atoms with Crippen LogP contribution in [0.15, 0.2) is 53.1 Å². The van der Waals surface area contributed by atoms with Gasteiger partial charge in [-0.2, -0.15) is 0 Å². The van der Waals surface area contributed by atoms with Gasteiger partial charge >= 0.3 is 0 Å². The molecule has 3 rings (SSSR count). The topological polar surface area (TPSA) is 55.1 Å². The molecule has 0 aliphatic carbocycles. The molecule has 0 saturated heterocycles. The fourth-order valence-electron chi connectivity index (χ4n) is 2.26. The van der Waals surface area contributed by atoms with Crippen LogP contribution >= 0.6 is 0 Å². The Labute approximate surface area is 139 Å². The largest absolute Gasteiger partial charge is 0.359 e. The first-order valence-electron chi connectivity index (χ1n) is 7.60. The summed E-state index contributed by atoms with van der Waals surface area (Å²) in [6.07, 6.45) is 0. The lowest BCUT2D eigenvalue weighted by molar-refractivity contribution is 0.0947. The van der Waals surface area contributed by atoms with Gasteiger partial charge < -0.3 is 9.84 Å². The van der Waals surface area contributed by atoms with Crippen LogP contribution in [-0.2, 0) is 6.54 Å².